The van der Waals surface area contributed by atoms with Gasteiger partial charge in [-0.05, 0) is 103 Å². The molecule has 4 aromatic rings. The Balaban J connectivity index is 0.000000808. The summed E-state index contributed by atoms with van der Waals surface area (Å²) in [5.41, 5.74) is 10.4. The Morgan fingerprint density at radius 3 is 1.98 bits per heavy atom. The number of nitrogens with zero attached hydrogens (tertiary/aromatic N) is 2. The van der Waals surface area contributed by atoms with Crippen molar-refractivity contribution in [3.63, 3.8) is 0 Å². The number of rotatable bonds is 5. The van der Waals surface area contributed by atoms with Crippen molar-refractivity contribution in [3.05, 3.63) is 130 Å². The van der Waals surface area contributed by atoms with Crippen LogP contribution in [0.1, 0.15) is 71.9 Å². The van der Waals surface area contributed by atoms with Gasteiger partial charge in [0.15, 0.2) is 5.71 Å². The predicted molar refractivity (Wildman–Crippen MR) is 205 cm³/mol. The molecule has 0 saturated carbocycles. The molecule has 2 nitrogen and oxygen atoms in total. The minimum atomic E-state index is -6.00. The summed E-state index contributed by atoms with van der Waals surface area (Å²) in [6.07, 6.45) is 12.4. The Labute approximate surface area is 298 Å². The van der Waals surface area contributed by atoms with Gasteiger partial charge in [0, 0.05) is 46.1 Å². The highest BCUT2D eigenvalue weighted by Gasteiger charge is 2.45. The lowest BCUT2D eigenvalue weighted by atomic mass is 9.78. The van der Waals surface area contributed by atoms with Crippen LogP contribution in [0.3, 0.4) is 0 Å². The fraction of sp³-hybridized carbons (Fsp3) is 0.310. The number of anilines is 1. The molecule has 3 aliphatic rings. The number of hydrogen-bond acceptors (Lipinski definition) is 1. The van der Waals surface area contributed by atoms with E-state index in [2.05, 4.69) is 148 Å². The molecule has 0 N–H and O–H groups in total. The molecule has 260 valence electrons. The maximum absolute atomic E-state index is 9.75. The zero-order valence-electron chi connectivity index (χ0n) is 29.6. The van der Waals surface area contributed by atoms with E-state index in [1.807, 2.05) is 0 Å². The van der Waals surface area contributed by atoms with E-state index in [4.69, 9.17) is 11.6 Å². The maximum atomic E-state index is 9.75. The maximum Gasteiger partial charge on any atom is 0.673 e. The molecule has 4 aromatic carbocycles. The first-order valence-electron chi connectivity index (χ1n) is 17.5. The van der Waals surface area contributed by atoms with Gasteiger partial charge in [-0.15, -0.1) is 0 Å². The first-order chi connectivity index (χ1) is 23.7. The third-order valence-corrected chi connectivity index (χ3v) is 11.0. The molecule has 50 heavy (non-hydrogen) atoms. The fourth-order valence-electron chi connectivity index (χ4n) is 8.32. The van der Waals surface area contributed by atoms with Crippen LogP contribution >= 0.6 is 11.6 Å². The molecule has 0 aromatic heterocycles. The van der Waals surface area contributed by atoms with Crippen LogP contribution in [0, 0.1) is 0 Å². The van der Waals surface area contributed by atoms with Crippen molar-refractivity contribution in [2.75, 3.05) is 18.0 Å². The van der Waals surface area contributed by atoms with Crippen molar-refractivity contribution >= 4 is 57.5 Å². The normalized spacial score (nSPS) is 19.9. The molecular weight excluding hydrogens is 655 g/mol. The smallest absolute Gasteiger partial charge is 0.418 e. The summed E-state index contributed by atoms with van der Waals surface area (Å²) in [5, 5.41) is 6.22. The van der Waals surface area contributed by atoms with E-state index in [1.54, 1.807) is 0 Å². The first kappa shape index (κ1) is 35.7. The van der Waals surface area contributed by atoms with Gasteiger partial charge in [-0.25, -0.2) is 0 Å². The van der Waals surface area contributed by atoms with Gasteiger partial charge in [0.05, 0.1) is 5.41 Å². The number of fused-ring (bicyclic) bond motifs is 6. The molecule has 0 unspecified atom stereocenters. The molecule has 0 atom stereocenters. The zero-order chi connectivity index (χ0) is 36.0. The number of benzene rings is 4. The highest BCUT2D eigenvalue weighted by Crippen LogP contribution is 2.51. The van der Waals surface area contributed by atoms with Gasteiger partial charge in [0.2, 0.25) is 5.69 Å². The summed E-state index contributed by atoms with van der Waals surface area (Å²) >= 11 is 7.23. The van der Waals surface area contributed by atoms with Crippen LogP contribution in [-0.2, 0) is 10.8 Å². The topological polar surface area (TPSA) is 6.25 Å². The van der Waals surface area contributed by atoms with Gasteiger partial charge in [-0.1, -0.05) is 92.2 Å². The molecule has 0 amide bonds. The number of likely N-dealkylation sites (N-methyl/N-ethyl adjacent to an activating group) is 1. The molecule has 7 rings (SSSR count). The molecule has 2 heterocycles. The van der Waals surface area contributed by atoms with E-state index >= 15 is 0 Å². The fourth-order valence-corrected chi connectivity index (χ4v) is 8.63. The average molecular weight is 699 g/mol. The van der Waals surface area contributed by atoms with E-state index < -0.39 is 7.25 Å². The largest absolute Gasteiger partial charge is 0.673 e. The third-order valence-electron chi connectivity index (χ3n) is 10.5. The minimum absolute atomic E-state index is 0.107. The van der Waals surface area contributed by atoms with Gasteiger partial charge in [0.1, 0.15) is 6.54 Å². The van der Waals surface area contributed by atoms with E-state index in [9.17, 15) is 17.3 Å². The second-order valence-electron chi connectivity index (χ2n) is 14.3. The zero-order valence-corrected chi connectivity index (χ0v) is 30.4. The van der Waals surface area contributed by atoms with Crippen molar-refractivity contribution in [1.29, 1.82) is 0 Å². The molecule has 2 aliphatic heterocycles. The SMILES string of the molecule is CCN1/C(=C/C=C2\CCCC(/C=C/C3=[N+](CC)c4ccc5ccccc5c4C3(C)C)=C2Cl)C(C)(C)c2c1ccc1ccccc21.F[B-](F)(F)F. The van der Waals surface area contributed by atoms with E-state index in [-0.39, 0.29) is 10.8 Å². The van der Waals surface area contributed by atoms with Crippen LogP contribution in [0.4, 0.5) is 28.6 Å². The Morgan fingerprint density at radius 2 is 1.36 bits per heavy atom. The lowest BCUT2D eigenvalue weighted by Gasteiger charge is -2.26. The Bertz CT molecular complexity index is 2130. The number of hydrogen-bond donors (Lipinski definition) is 0. The monoisotopic (exact) mass is 698 g/mol. The van der Waals surface area contributed by atoms with Crippen molar-refractivity contribution in [1.82, 2.24) is 0 Å². The van der Waals surface area contributed by atoms with E-state index in [1.165, 1.54) is 66.6 Å². The second kappa shape index (κ2) is 13.6. The molecule has 0 saturated heterocycles. The van der Waals surface area contributed by atoms with Gasteiger partial charge in [-0.2, -0.15) is 4.58 Å². The quantitative estimate of drug-likeness (QED) is 0.114. The van der Waals surface area contributed by atoms with Crippen LogP contribution in [0.25, 0.3) is 21.5 Å². The summed E-state index contributed by atoms with van der Waals surface area (Å²) in [6, 6.07) is 26.7. The standard InChI is InChI=1S/C42H44ClN2.BF4/c1-7-44-34-24-20-28-14-9-11-18-32(28)38(34)41(3,4)36(44)26-22-30-16-13-17-31(40(30)43)23-27-37-42(5,6)39-33-19-12-10-15-29(33)21-25-35(39)45(37)8-2;2-1(3,4)5/h9-12,14-15,18-27H,7-8,13,16-17H2,1-6H3;/q+1;-1. The predicted octanol–water partition coefficient (Wildman–Crippen LogP) is 12.6. The highest BCUT2D eigenvalue weighted by molar-refractivity contribution is 6.50. The molecule has 0 fully saturated rings. The first-order valence-corrected chi connectivity index (χ1v) is 17.9. The minimum Gasteiger partial charge on any atom is -0.418 e. The third kappa shape index (κ3) is 6.45. The Morgan fingerprint density at radius 1 is 0.760 bits per heavy atom. The molecule has 0 radical (unpaired) electrons. The summed E-state index contributed by atoms with van der Waals surface area (Å²) in [5.74, 6) is 0. The van der Waals surface area contributed by atoms with Gasteiger partial charge >= 0.3 is 7.25 Å². The molecule has 0 bridgehead atoms. The van der Waals surface area contributed by atoms with Gasteiger partial charge in [0.25, 0.3) is 0 Å². The van der Waals surface area contributed by atoms with Gasteiger partial charge in [-0.3, -0.25) is 0 Å². The molecule has 0 spiro atoms. The van der Waals surface area contributed by atoms with Crippen LogP contribution in [0.2, 0.25) is 0 Å². The average Bonchev–Trinajstić information content (AvgIpc) is 3.44. The molecule has 8 heteroatoms. The lowest BCUT2D eigenvalue weighted by Crippen LogP contribution is -2.27. The Hall–Kier alpha value is -4.10. The van der Waals surface area contributed by atoms with Crippen molar-refractivity contribution in [3.8, 4) is 0 Å². The number of allylic oxidation sites excluding steroid dienone is 8. The van der Waals surface area contributed by atoms with Crippen LogP contribution in [0.5, 0.6) is 0 Å². The summed E-state index contributed by atoms with van der Waals surface area (Å²) in [6.45, 7) is 15.8. The summed E-state index contributed by atoms with van der Waals surface area (Å²) in [7, 11) is -6.00. The van der Waals surface area contributed by atoms with Gasteiger partial charge < -0.3 is 22.2 Å². The van der Waals surface area contributed by atoms with Crippen molar-refractivity contribution in [2.45, 2.75) is 71.6 Å². The van der Waals surface area contributed by atoms with Crippen LogP contribution < -0.4 is 4.90 Å². The van der Waals surface area contributed by atoms with Crippen molar-refractivity contribution in [2.24, 2.45) is 0 Å². The Kier molecular flexibility index (Phi) is 9.69. The van der Waals surface area contributed by atoms with Crippen molar-refractivity contribution < 1.29 is 21.8 Å². The highest BCUT2D eigenvalue weighted by atomic mass is 35.5. The lowest BCUT2D eigenvalue weighted by molar-refractivity contribution is -0.433. The summed E-state index contributed by atoms with van der Waals surface area (Å²) < 4.78 is 41.5. The molecular formula is C42H44BClF4N2. The van der Waals surface area contributed by atoms with E-state index in [0.29, 0.717) is 0 Å². The van der Waals surface area contributed by atoms with Crippen LogP contribution in [-0.4, -0.2) is 30.6 Å². The summed E-state index contributed by atoms with van der Waals surface area (Å²) in [4.78, 5) is 2.49. The van der Waals surface area contributed by atoms with E-state index in [0.717, 1.165) is 37.4 Å². The second-order valence-corrected chi connectivity index (χ2v) is 14.6. The molecule has 1 aliphatic carbocycles. The number of halogens is 5. The van der Waals surface area contributed by atoms with Crippen LogP contribution in [0.15, 0.2) is 119 Å².